The summed E-state index contributed by atoms with van der Waals surface area (Å²) in [5.74, 6) is -18.1. The predicted octanol–water partition coefficient (Wildman–Crippen LogP) is 7.06. The average Bonchev–Trinajstić information content (AvgIpc) is 2.47. The highest BCUT2D eigenvalue weighted by molar-refractivity contribution is 5.14. The number of ether oxygens (including phenoxy) is 2. The average molecular weight is 570 g/mol. The number of hydrogen-bond acceptors (Lipinski definition) is 2. The van der Waals surface area contributed by atoms with Crippen LogP contribution in [0, 0.1) is 0 Å². The van der Waals surface area contributed by atoms with Crippen LogP contribution in [0.2, 0.25) is 0 Å². The fraction of sp³-hybridized carbons (Fsp3) is 1.00. The van der Waals surface area contributed by atoms with Crippen molar-refractivity contribution in [3.63, 3.8) is 0 Å². The van der Waals surface area contributed by atoms with Gasteiger partial charge in [-0.15, -0.1) is 0 Å². The molecule has 0 amide bonds. The van der Waals surface area contributed by atoms with Gasteiger partial charge >= 0.3 is 60.5 Å². The molecule has 0 heterocycles. The Bertz CT molecular complexity index is 724. The normalized spacial score (nSPS) is 19.6. The van der Waals surface area contributed by atoms with Gasteiger partial charge in [0.2, 0.25) is 0 Å². The van der Waals surface area contributed by atoms with Crippen LogP contribution in [0.3, 0.4) is 0 Å². The summed E-state index contributed by atoms with van der Waals surface area (Å²) in [4.78, 5) is 0. The maximum Gasteiger partial charge on any atom is 0.483 e. The van der Waals surface area contributed by atoms with E-state index in [2.05, 4.69) is 0 Å². The van der Waals surface area contributed by atoms with E-state index in [-0.39, 0.29) is 0 Å². The van der Waals surface area contributed by atoms with Crippen molar-refractivity contribution in [2.24, 2.45) is 0 Å². The summed E-state index contributed by atoms with van der Waals surface area (Å²) in [5.41, 5.74) is -9.30. The lowest BCUT2D eigenvalue weighted by atomic mass is 9.87. The number of rotatable bonds is 7. The highest BCUT2D eigenvalue weighted by Crippen LogP contribution is 2.64. The SMILES string of the molecule is FC(F)(F)C(F)(F)OC(F)(F)C(F)(C(F)(F)F)C(F)(OC(F)(F)C(F)(F)F)C(F)(F)C(F)(F)F. The molecule has 0 bridgehead atoms. The third-order valence-electron chi connectivity index (χ3n) is 3.18. The van der Waals surface area contributed by atoms with E-state index >= 15 is 0 Å². The molecule has 0 aliphatic carbocycles. The molecule has 0 rings (SSSR count). The van der Waals surface area contributed by atoms with Crippen LogP contribution >= 0.6 is 0 Å². The molecule has 2 nitrogen and oxygen atoms in total. The molecule has 206 valence electrons. The van der Waals surface area contributed by atoms with Crippen LogP contribution in [0.4, 0.5) is 96.6 Å². The Labute approximate surface area is 168 Å². The zero-order valence-electron chi connectivity index (χ0n) is 14.1. The molecule has 2 atom stereocenters. The molecule has 0 aromatic rings. The molecule has 0 N–H and O–H groups in total. The van der Waals surface area contributed by atoms with Crippen LogP contribution in [-0.2, 0) is 9.47 Å². The van der Waals surface area contributed by atoms with Crippen LogP contribution in [0.5, 0.6) is 0 Å². The summed E-state index contributed by atoms with van der Waals surface area (Å²) in [6, 6.07) is 0. The lowest BCUT2D eigenvalue weighted by Crippen LogP contribution is -2.79. The lowest BCUT2D eigenvalue weighted by Gasteiger charge is -2.47. The minimum atomic E-state index is -9.30. The largest absolute Gasteiger partial charge is 0.483 e. The maximum atomic E-state index is 14.2. The molecule has 0 spiro atoms. The van der Waals surface area contributed by atoms with Gasteiger partial charge in [0.15, 0.2) is 0 Å². The Morgan fingerprint density at radius 3 is 0.824 bits per heavy atom. The zero-order chi connectivity index (χ0) is 28.4. The molecule has 0 radical (unpaired) electrons. The van der Waals surface area contributed by atoms with Gasteiger partial charge < -0.3 is 0 Å². The topological polar surface area (TPSA) is 18.5 Å². The van der Waals surface area contributed by atoms with E-state index in [4.69, 9.17) is 0 Å². The number of hydrogen-bond donors (Lipinski definition) is 0. The molecule has 0 aromatic carbocycles. The lowest BCUT2D eigenvalue weighted by molar-refractivity contribution is -0.560. The van der Waals surface area contributed by atoms with Crippen LogP contribution < -0.4 is 0 Å². The Hall–Kier alpha value is -1.62. The van der Waals surface area contributed by atoms with Gasteiger partial charge in [0, 0.05) is 0 Å². The van der Waals surface area contributed by atoms with E-state index in [1.807, 2.05) is 0 Å². The molecule has 0 aromatic heterocycles. The number of alkyl halides is 22. The smallest absolute Gasteiger partial charge is 0.266 e. The van der Waals surface area contributed by atoms with Crippen molar-refractivity contribution < 1.29 is 106 Å². The molecule has 0 saturated carbocycles. The van der Waals surface area contributed by atoms with Crippen LogP contribution in [0.25, 0.3) is 0 Å². The second kappa shape index (κ2) is 7.94. The summed E-state index contributed by atoms with van der Waals surface area (Å²) in [6.07, 6.45) is -57.7. The van der Waals surface area contributed by atoms with Gasteiger partial charge in [0.05, 0.1) is 0 Å². The van der Waals surface area contributed by atoms with E-state index in [0.717, 1.165) is 9.47 Å². The van der Waals surface area contributed by atoms with E-state index in [0.29, 0.717) is 0 Å². The summed E-state index contributed by atoms with van der Waals surface area (Å²) in [7, 11) is 0. The fourth-order valence-corrected chi connectivity index (χ4v) is 1.59. The molecule has 0 saturated heterocycles. The first-order chi connectivity index (χ1) is 14.2. The first-order valence-corrected chi connectivity index (χ1v) is 6.72. The summed E-state index contributed by atoms with van der Waals surface area (Å²) < 4.78 is 281. The van der Waals surface area contributed by atoms with Crippen LogP contribution in [-0.4, -0.2) is 60.5 Å². The fourth-order valence-electron chi connectivity index (χ4n) is 1.59. The van der Waals surface area contributed by atoms with Crippen molar-refractivity contribution in [3.8, 4) is 0 Å². The Kier molecular flexibility index (Phi) is 7.57. The highest BCUT2D eigenvalue weighted by Gasteiger charge is 2.96. The molecule has 0 aliphatic rings. The zero-order valence-corrected chi connectivity index (χ0v) is 14.1. The predicted molar refractivity (Wildman–Crippen MR) is 53.9 cm³/mol. The van der Waals surface area contributed by atoms with Crippen molar-refractivity contribution in [1.29, 1.82) is 0 Å². The molecular weight excluding hydrogens is 570 g/mol. The van der Waals surface area contributed by atoms with E-state index in [1.54, 1.807) is 0 Å². The molecule has 34 heavy (non-hydrogen) atoms. The van der Waals surface area contributed by atoms with Crippen molar-refractivity contribution in [2.75, 3.05) is 0 Å². The van der Waals surface area contributed by atoms with Gasteiger partial charge in [-0.25, -0.2) is 13.5 Å². The quantitative estimate of drug-likeness (QED) is 0.306. The van der Waals surface area contributed by atoms with Gasteiger partial charge in [0.25, 0.3) is 0 Å². The summed E-state index contributed by atoms with van der Waals surface area (Å²) >= 11 is 0. The molecular formula is C10F22O2. The molecule has 0 fully saturated rings. The van der Waals surface area contributed by atoms with Crippen LogP contribution in [0.1, 0.15) is 0 Å². The second-order valence-electron chi connectivity index (χ2n) is 5.57. The van der Waals surface area contributed by atoms with Gasteiger partial charge in [-0.05, 0) is 0 Å². The van der Waals surface area contributed by atoms with Crippen molar-refractivity contribution in [1.82, 2.24) is 0 Å². The standard InChI is InChI=1S/C10F22O2/c11-1(4(15,16)17,8(27,28)34-10(31,32)7(24,25)26)3(14,2(12,13)5(18,19)20)33-9(29,30)6(21,22)23. The first kappa shape index (κ1) is 32.4. The number of halogens is 22. The third-order valence-corrected chi connectivity index (χ3v) is 3.18. The van der Waals surface area contributed by atoms with E-state index < -0.39 is 60.5 Å². The second-order valence-corrected chi connectivity index (χ2v) is 5.57. The van der Waals surface area contributed by atoms with Gasteiger partial charge in [-0.1, -0.05) is 0 Å². The minimum absolute atomic E-state index is 0.883. The Balaban J connectivity index is 7.61. The monoisotopic (exact) mass is 570 g/mol. The highest BCUT2D eigenvalue weighted by atomic mass is 19.4. The van der Waals surface area contributed by atoms with Crippen molar-refractivity contribution >= 4 is 0 Å². The summed E-state index contributed by atoms with van der Waals surface area (Å²) in [6.45, 7) is 0. The molecule has 24 heteroatoms. The van der Waals surface area contributed by atoms with E-state index in [9.17, 15) is 96.6 Å². The van der Waals surface area contributed by atoms with Gasteiger partial charge in [-0.3, -0.25) is 4.74 Å². The molecule has 0 aliphatic heterocycles. The van der Waals surface area contributed by atoms with Gasteiger partial charge in [0.1, 0.15) is 0 Å². The maximum absolute atomic E-state index is 14.2. The third kappa shape index (κ3) is 4.87. The Morgan fingerprint density at radius 2 is 0.588 bits per heavy atom. The summed E-state index contributed by atoms with van der Waals surface area (Å²) in [5, 5.41) is 0. The first-order valence-electron chi connectivity index (χ1n) is 6.72. The van der Waals surface area contributed by atoms with Gasteiger partial charge in [-0.2, -0.15) is 87.8 Å². The minimum Gasteiger partial charge on any atom is -0.266 e. The van der Waals surface area contributed by atoms with E-state index in [1.165, 1.54) is 0 Å². The Morgan fingerprint density at radius 1 is 0.294 bits per heavy atom. The van der Waals surface area contributed by atoms with Crippen molar-refractivity contribution in [2.45, 2.75) is 60.5 Å². The molecule has 2 unspecified atom stereocenters. The van der Waals surface area contributed by atoms with Crippen molar-refractivity contribution in [3.05, 3.63) is 0 Å². The van der Waals surface area contributed by atoms with Crippen LogP contribution in [0.15, 0.2) is 0 Å².